The fourth-order valence-electron chi connectivity index (χ4n) is 3.32. The van der Waals surface area contributed by atoms with Crippen molar-refractivity contribution in [1.82, 2.24) is 9.80 Å². The Morgan fingerprint density at radius 1 is 1.22 bits per heavy atom. The molecule has 27 heavy (non-hydrogen) atoms. The van der Waals surface area contributed by atoms with Gasteiger partial charge in [-0.15, -0.1) is 11.8 Å². The van der Waals surface area contributed by atoms with Crippen LogP contribution in [0.3, 0.4) is 0 Å². The summed E-state index contributed by atoms with van der Waals surface area (Å²) in [6.45, 7) is 8.26. The molecule has 1 saturated heterocycles. The Morgan fingerprint density at radius 2 is 1.93 bits per heavy atom. The van der Waals surface area contributed by atoms with Gasteiger partial charge in [-0.25, -0.2) is 4.39 Å². The number of hydrogen-bond acceptors (Lipinski definition) is 3. The lowest BCUT2D eigenvalue weighted by Crippen LogP contribution is -2.42. The third-order valence-corrected chi connectivity index (χ3v) is 6.33. The Balaban J connectivity index is 1.71. The van der Waals surface area contributed by atoms with Gasteiger partial charge >= 0.3 is 0 Å². The maximum Gasteiger partial charge on any atom is 0.237 e. The smallest absolute Gasteiger partial charge is 0.237 e. The Bertz CT molecular complexity index is 778. The fourth-order valence-corrected chi connectivity index (χ4v) is 4.60. The third-order valence-electron chi connectivity index (χ3n) is 5.07. The average molecular weight is 387 g/mol. The molecule has 0 aliphatic carbocycles. The largest absolute Gasteiger partial charge is 0.325 e. The van der Waals surface area contributed by atoms with Gasteiger partial charge in [0.15, 0.2) is 0 Å². The predicted molar refractivity (Wildman–Crippen MR) is 110 cm³/mol. The van der Waals surface area contributed by atoms with Crippen LogP contribution in [0, 0.1) is 12.7 Å². The van der Waals surface area contributed by atoms with E-state index < -0.39 is 0 Å². The molecule has 1 atom stereocenters. The van der Waals surface area contributed by atoms with E-state index in [1.807, 2.05) is 17.0 Å². The number of benzene rings is 2. The Kier molecular flexibility index (Phi) is 6.55. The summed E-state index contributed by atoms with van der Waals surface area (Å²) in [5.74, 6) is 0.799. The Labute approximate surface area is 165 Å². The quantitative estimate of drug-likeness (QED) is 0.724. The highest BCUT2D eigenvalue weighted by atomic mass is 32.2. The molecular formula is C22H27FN2OS. The molecule has 1 heterocycles. The van der Waals surface area contributed by atoms with Crippen molar-refractivity contribution in [2.75, 3.05) is 18.8 Å². The van der Waals surface area contributed by atoms with Gasteiger partial charge in [-0.3, -0.25) is 9.69 Å². The van der Waals surface area contributed by atoms with Crippen molar-refractivity contribution < 1.29 is 9.18 Å². The Hall–Kier alpha value is -1.85. The minimum absolute atomic E-state index is 0.0226. The summed E-state index contributed by atoms with van der Waals surface area (Å²) < 4.78 is 13.2. The number of nitrogens with zero attached hydrogens (tertiary/aromatic N) is 2. The normalized spacial score (nSPS) is 17.1. The van der Waals surface area contributed by atoms with Gasteiger partial charge in [0.05, 0.1) is 6.54 Å². The number of carbonyl (C=O) groups excluding carboxylic acids is 1. The standard InChI is InChI=1S/C22H27FN2OS/c1-16(2)24(14-19-7-5-4-6-17(19)3)15-21(26)25-12-13-27-22(25)18-8-10-20(23)11-9-18/h4-11,16,22H,12-15H2,1-3H3. The van der Waals surface area contributed by atoms with E-state index in [1.54, 1.807) is 23.9 Å². The van der Waals surface area contributed by atoms with Crippen molar-refractivity contribution in [3.8, 4) is 0 Å². The first-order valence-electron chi connectivity index (χ1n) is 9.41. The third kappa shape index (κ3) is 4.90. The molecule has 1 aliphatic rings. The second kappa shape index (κ2) is 8.89. The molecule has 1 amide bonds. The lowest BCUT2D eigenvalue weighted by Gasteiger charge is -2.31. The lowest BCUT2D eigenvalue weighted by molar-refractivity contribution is -0.133. The summed E-state index contributed by atoms with van der Waals surface area (Å²) in [6, 6.07) is 15.1. The van der Waals surface area contributed by atoms with Gasteiger partial charge in [0.1, 0.15) is 11.2 Å². The topological polar surface area (TPSA) is 23.6 Å². The van der Waals surface area contributed by atoms with Crippen LogP contribution in [0.2, 0.25) is 0 Å². The number of rotatable bonds is 6. The average Bonchev–Trinajstić information content (AvgIpc) is 3.13. The molecule has 1 aliphatic heterocycles. The van der Waals surface area contributed by atoms with Crippen molar-refractivity contribution in [3.63, 3.8) is 0 Å². The van der Waals surface area contributed by atoms with E-state index in [-0.39, 0.29) is 23.1 Å². The Morgan fingerprint density at radius 3 is 2.59 bits per heavy atom. The molecule has 2 aromatic carbocycles. The molecule has 0 N–H and O–H groups in total. The zero-order valence-corrected chi connectivity index (χ0v) is 17.0. The second-order valence-corrected chi connectivity index (χ2v) is 8.48. The number of thioether (sulfide) groups is 1. The first-order valence-corrected chi connectivity index (χ1v) is 10.5. The summed E-state index contributed by atoms with van der Waals surface area (Å²) >= 11 is 1.74. The van der Waals surface area contributed by atoms with E-state index in [4.69, 9.17) is 0 Å². The second-order valence-electron chi connectivity index (χ2n) is 7.29. The van der Waals surface area contributed by atoms with E-state index >= 15 is 0 Å². The van der Waals surface area contributed by atoms with Crippen LogP contribution in [0.1, 0.15) is 35.9 Å². The minimum atomic E-state index is -0.246. The van der Waals surface area contributed by atoms with Crippen LogP contribution in [0.5, 0.6) is 0 Å². The summed E-state index contributed by atoms with van der Waals surface area (Å²) in [5, 5.41) is -0.0226. The molecule has 3 nitrogen and oxygen atoms in total. The molecule has 0 saturated carbocycles. The molecule has 0 radical (unpaired) electrons. The number of halogens is 1. The maximum absolute atomic E-state index is 13.2. The van der Waals surface area contributed by atoms with Crippen LogP contribution in [0.15, 0.2) is 48.5 Å². The molecule has 1 fully saturated rings. The van der Waals surface area contributed by atoms with E-state index in [0.29, 0.717) is 6.54 Å². The molecule has 3 rings (SSSR count). The van der Waals surface area contributed by atoms with Crippen LogP contribution in [-0.4, -0.2) is 40.6 Å². The molecule has 144 valence electrons. The molecule has 1 unspecified atom stereocenters. The van der Waals surface area contributed by atoms with Crippen LogP contribution >= 0.6 is 11.8 Å². The summed E-state index contributed by atoms with van der Waals surface area (Å²) in [5.41, 5.74) is 3.49. The predicted octanol–water partition coefficient (Wildman–Crippen LogP) is 4.62. The molecule has 0 aromatic heterocycles. The molecular weight excluding hydrogens is 359 g/mol. The van der Waals surface area contributed by atoms with Gasteiger partial charge in [-0.1, -0.05) is 36.4 Å². The highest BCUT2D eigenvalue weighted by Crippen LogP contribution is 2.38. The van der Waals surface area contributed by atoms with Gasteiger partial charge in [-0.2, -0.15) is 0 Å². The number of hydrogen-bond donors (Lipinski definition) is 0. The van der Waals surface area contributed by atoms with Gasteiger partial charge in [-0.05, 0) is 49.6 Å². The van der Waals surface area contributed by atoms with Crippen LogP contribution in [-0.2, 0) is 11.3 Å². The van der Waals surface area contributed by atoms with E-state index in [2.05, 4.69) is 37.8 Å². The maximum atomic E-state index is 13.2. The fraction of sp³-hybridized carbons (Fsp3) is 0.409. The van der Waals surface area contributed by atoms with Crippen molar-refractivity contribution in [1.29, 1.82) is 0 Å². The highest BCUT2D eigenvalue weighted by molar-refractivity contribution is 7.99. The number of carbonyl (C=O) groups is 1. The number of amides is 1. The highest BCUT2D eigenvalue weighted by Gasteiger charge is 2.31. The van der Waals surface area contributed by atoms with Gasteiger partial charge < -0.3 is 4.90 Å². The van der Waals surface area contributed by atoms with Crippen molar-refractivity contribution >= 4 is 17.7 Å². The lowest BCUT2D eigenvalue weighted by atomic mass is 10.1. The molecule has 0 spiro atoms. The van der Waals surface area contributed by atoms with E-state index in [1.165, 1.54) is 23.3 Å². The molecule has 0 bridgehead atoms. The molecule has 2 aromatic rings. The van der Waals surface area contributed by atoms with Gasteiger partial charge in [0, 0.05) is 24.9 Å². The zero-order chi connectivity index (χ0) is 19.4. The summed E-state index contributed by atoms with van der Waals surface area (Å²) in [7, 11) is 0. The van der Waals surface area contributed by atoms with Gasteiger partial charge in [0.25, 0.3) is 0 Å². The first-order chi connectivity index (χ1) is 13.0. The van der Waals surface area contributed by atoms with Crippen molar-refractivity contribution in [2.24, 2.45) is 0 Å². The summed E-state index contributed by atoms with van der Waals surface area (Å²) in [6.07, 6.45) is 0. The SMILES string of the molecule is Cc1ccccc1CN(CC(=O)N1CCSC1c1ccc(F)cc1)C(C)C. The van der Waals surface area contributed by atoms with Gasteiger partial charge in [0.2, 0.25) is 5.91 Å². The monoisotopic (exact) mass is 386 g/mol. The van der Waals surface area contributed by atoms with Crippen LogP contribution in [0.4, 0.5) is 4.39 Å². The number of aryl methyl sites for hydroxylation is 1. The minimum Gasteiger partial charge on any atom is -0.325 e. The van der Waals surface area contributed by atoms with Crippen molar-refractivity contribution in [3.05, 3.63) is 71.0 Å². The zero-order valence-electron chi connectivity index (χ0n) is 16.2. The van der Waals surface area contributed by atoms with E-state index in [9.17, 15) is 9.18 Å². The van der Waals surface area contributed by atoms with Crippen LogP contribution < -0.4 is 0 Å². The van der Waals surface area contributed by atoms with Crippen molar-refractivity contribution in [2.45, 2.75) is 38.7 Å². The molecule has 5 heteroatoms. The van der Waals surface area contributed by atoms with E-state index in [0.717, 1.165) is 24.4 Å². The van der Waals surface area contributed by atoms with Crippen LogP contribution in [0.25, 0.3) is 0 Å². The summed E-state index contributed by atoms with van der Waals surface area (Å²) in [4.78, 5) is 17.2. The first kappa shape index (κ1) is 19.9.